The van der Waals surface area contributed by atoms with Crippen LogP contribution in [0.4, 0.5) is 5.69 Å². The maximum absolute atomic E-state index is 13.2. The van der Waals surface area contributed by atoms with E-state index in [0.29, 0.717) is 5.69 Å². The van der Waals surface area contributed by atoms with Crippen LogP contribution in [-0.4, -0.2) is 29.3 Å². The highest BCUT2D eigenvalue weighted by Gasteiger charge is 2.26. The second kappa shape index (κ2) is 6.67. The molecule has 1 aliphatic rings. The highest BCUT2D eigenvalue weighted by atomic mass is 16.5. The predicted molar refractivity (Wildman–Crippen MR) is 102 cm³/mol. The smallest absolute Gasteiger partial charge is 0.276 e. The summed E-state index contributed by atoms with van der Waals surface area (Å²) in [5.74, 6) is 0.757. The Morgan fingerprint density at radius 2 is 1.96 bits per heavy atom. The van der Waals surface area contributed by atoms with Gasteiger partial charge in [-0.3, -0.25) is 9.48 Å². The van der Waals surface area contributed by atoms with Crippen molar-refractivity contribution >= 4 is 11.6 Å². The van der Waals surface area contributed by atoms with Crippen molar-refractivity contribution in [1.29, 1.82) is 0 Å². The van der Waals surface area contributed by atoms with E-state index in [9.17, 15) is 4.79 Å². The number of amides is 1. The molecule has 2 aromatic carbocycles. The van der Waals surface area contributed by atoms with Gasteiger partial charge in [-0.1, -0.05) is 30.3 Å². The van der Waals surface area contributed by atoms with Gasteiger partial charge in [0.25, 0.3) is 5.91 Å². The summed E-state index contributed by atoms with van der Waals surface area (Å²) in [6.07, 6.45) is 1.99. The number of benzene rings is 2. The largest absolute Gasteiger partial charge is 0.497 e. The van der Waals surface area contributed by atoms with Gasteiger partial charge in [0, 0.05) is 24.8 Å². The van der Waals surface area contributed by atoms with Crippen LogP contribution in [0, 0.1) is 0 Å². The minimum Gasteiger partial charge on any atom is -0.497 e. The van der Waals surface area contributed by atoms with Crippen molar-refractivity contribution in [2.75, 3.05) is 18.6 Å². The zero-order valence-electron chi connectivity index (χ0n) is 15.0. The summed E-state index contributed by atoms with van der Waals surface area (Å²) >= 11 is 0. The Bertz CT molecular complexity index is 961. The van der Waals surface area contributed by atoms with Crippen molar-refractivity contribution in [1.82, 2.24) is 9.78 Å². The van der Waals surface area contributed by atoms with Crippen molar-refractivity contribution in [2.45, 2.75) is 12.8 Å². The van der Waals surface area contributed by atoms with Crippen molar-refractivity contribution in [3.05, 3.63) is 65.9 Å². The number of nitrogens with zero attached hydrogens (tertiary/aromatic N) is 3. The molecule has 5 nitrogen and oxygen atoms in total. The van der Waals surface area contributed by atoms with Gasteiger partial charge in [0.05, 0.1) is 12.8 Å². The molecule has 0 bridgehead atoms. The van der Waals surface area contributed by atoms with E-state index in [0.717, 1.165) is 42.1 Å². The summed E-state index contributed by atoms with van der Waals surface area (Å²) in [7, 11) is 3.45. The number of methoxy groups -OCH3 is 1. The Morgan fingerprint density at radius 3 is 2.81 bits per heavy atom. The van der Waals surface area contributed by atoms with Crippen LogP contribution in [0.2, 0.25) is 0 Å². The number of para-hydroxylation sites is 1. The van der Waals surface area contributed by atoms with E-state index in [2.05, 4.69) is 11.2 Å². The molecule has 0 aliphatic carbocycles. The summed E-state index contributed by atoms with van der Waals surface area (Å²) in [5.41, 5.74) is 4.51. The number of aromatic nitrogens is 2. The molecule has 0 saturated carbocycles. The first-order valence-electron chi connectivity index (χ1n) is 8.75. The normalized spacial score (nSPS) is 13.4. The molecular weight excluding hydrogens is 326 g/mol. The maximum Gasteiger partial charge on any atom is 0.276 e. The fraction of sp³-hybridized carbons (Fsp3) is 0.238. The molecule has 2 heterocycles. The number of aryl methyl sites for hydroxylation is 2. The number of rotatable bonds is 3. The molecule has 132 valence electrons. The maximum atomic E-state index is 13.2. The van der Waals surface area contributed by atoms with E-state index < -0.39 is 0 Å². The second-order valence-electron chi connectivity index (χ2n) is 6.46. The van der Waals surface area contributed by atoms with Gasteiger partial charge in [-0.05, 0) is 42.7 Å². The van der Waals surface area contributed by atoms with Crippen LogP contribution in [0.25, 0.3) is 11.3 Å². The number of hydrogen-bond acceptors (Lipinski definition) is 3. The zero-order valence-corrected chi connectivity index (χ0v) is 15.0. The summed E-state index contributed by atoms with van der Waals surface area (Å²) < 4.78 is 6.95. The highest BCUT2D eigenvalue weighted by molar-refractivity contribution is 6.06. The van der Waals surface area contributed by atoms with Gasteiger partial charge in [0.15, 0.2) is 0 Å². The van der Waals surface area contributed by atoms with E-state index in [1.807, 2.05) is 60.5 Å². The van der Waals surface area contributed by atoms with Crippen molar-refractivity contribution in [2.24, 2.45) is 7.05 Å². The number of anilines is 1. The van der Waals surface area contributed by atoms with Gasteiger partial charge in [-0.15, -0.1) is 0 Å². The minimum atomic E-state index is -0.0127. The predicted octanol–water partition coefficient (Wildman–Crippen LogP) is 3.69. The fourth-order valence-corrected chi connectivity index (χ4v) is 3.47. The van der Waals surface area contributed by atoms with Gasteiger partial charge in [0.2, 0.25) is 0 Å². The molecule has 3 aromatic rings. The molecule has 0 unspecified atom stereocenters. The number of ether oxygens (including phenoxy) is 1. The lowest BCUT2D eigenvalue weighted by molar-refractivity contribution is 0.0976. The van der Waals surface area contributed by atoms with E-state index in [1.165, 1.54) is 5.56 Å². The quantitative estimate of drug-likeness (QED) is 0.726. The topological polar surface area (TPSA) is 47.4 Å². The second-order valence-corrected chi connectivity index (χ2v) is 6.46. The van der Waals surface area contributed by atoms with Crippen LogP contribution in [0.3, 0.4) is 0 Å². The van der Waals surface area contributed by atoms with E-state index >= 15 is 0 Å². The Morgan fingerprint density at radius 1 is 1.12 bits per heavy atom. The molecule has 1 aliphatic heterocycles. The average molecular weight is 347 g/mol. The standard InChI is InChI=1S/C21H21N3O2/c1-23-20(14-18(22-23)16-8-5-10-17(13-16)26-2)21(25)24-12-6-9-15-7-3-4-11-19(15)24/h3-5,7-8,10-11,13-14H,6,9,12H2,1-2H3. The fourth-order valence-electron chi connectivity index (χ4n) is 3.47. The molecule has 0 spiro atoms. The summed E-state index contributed by atoms with van der Waals surface area (Å²) in [5, 5.41) is 4.54. The number of hydrogen-bond donors (Lipinski definition) is 0. The Labute approximate surface area is 152 Å². The molecule has 26 heavy (non-hydrogen) atoms. The van der Waals surface area contributed by atoms with Crippen molar-refractivity contribution in [3.8, 4) is 17.0 Å². The van der Waals surface area contributed by atoms with Gasteiger partial charge < -0.3 is 9.64 Å². The van der Waals surface area contributed by atoms with Gasteiger partial charge in [-0.2, -0.15) is 5.10 Å². The van der Waals surface area contributed by atoms with E-state index in [-0.39, 0.29) is 5.91 Å². The number of carbonyl (C=O) groups excluding carboxylic acids is 1. The van der Waals surface area contributed by atoms with Crippen LogP contribution in [0.15, 0.2) is 54.6 Å². The SMILES string of the molecule is COc1cccc(-c2cc(C(=O)N3CCCc4ccccc43)n(C)n2)c1. The molecule has 0 radical (unpaired) electrons. The Hall–Kier alpha value is -3.08. The molecule has 1 aromatic heterocycles. The van der Waals surface area contributed by atoms with Gasteiger partial charge in [0.1, 0.15) is 11.4 Å². The number of carbonyl (C=O) groups is 1. The van der Waals surface area contributed by atoms with Crippen LogP contribution < -0.4 is 9.64 Å². The lowest BCUT2D eigenvalue weighted by Gasteiger charge is -2.29. The summed E-state index contributed by atoms with van der Waals surface area (Å²) in [6.45, 7) is 0.732. The van der Waals surface area contributed by atoms with Crippen LogP contribution >= 0.6 is 0 Å². The average Bonchev–Trinajstić information content (AvgIpc) is 3.09. The molecule has 0 saturated heterocycles. The monoisotopic (exact) mass is 347 g/mol. The summed E-state index contributed by atoms with van der Waals surface area (Å²) in [4.78, 5) is 15.1. The van der Waals surface area contributed by atoms with Crippen molar-refractivity contribution in [3.63, 3.8) is 0 Å². The lowest BCUT2D eigenvalue weighted by atomic mass is 10.0. The molecule has 1 amide bonds. The van der Waals surface area contributed by atoms with Crippen LogP contribution in [0.5, 0.6) is 5.75 Å². The molecule has 4 rings (SSSR count). The summed E-state index contributed by atoms with van der Waals surface area (Å²) in [6, 6.07) is 17.7. The van der Waals surface area contributed by atoms with E-state index in [4.69, 9.17) is 4.74 Å². The first-order chi connectivity index (χ1) is 12.7. The van der Waals surface area contributed by atoms with Crippen molar-refractivity contribution < 1.29 is 9.53 Å². The third-order valence-corrected chi connectivity index (χ3v) is 4.82. The Balaban J connectivity index is 1.69. The molecule has 5 heteroatoms. The first-order valence-corrected chi connectivity index (χ1v) is 8.75. The van der Waals surface area contributed by atoms with Crippen LogP contribution in [0.1, 0.15) is 22.5 Å². The molecule has 0 fully saturated rings. The lowest BCUT2D eigenvalue weighted by Crippen LogP contribution is -2.36. The van der Waals surface area contributed by atoms with Gasteiger partial charge in [-0.25, -0.2) is 0 Å². The third kappa shape index (κ3) is 2.86. The molecule has 0 N–H and O–H groups in total. The highest BCUT2D eigenvalue weighted by Crippen LogP contribution is 2.29. The Kier molecular flexibility index (Phi) is 4.21. The third-order valence-electron chi connectivity index (χ3n) is 4.82. The van der Waals surface area contributed by atoms with Gasteiger partial charge >= 0.3 is 0 Å². The number of fused-ring (bicyclic) bond motifs is 1. The minimum absolute atomic E-state index is 0.0127. The van der Waals surface area contributed by atoms with Crippen LogP contribution in [-0.2, 0) is 13.5 Å². The molecule has 0 atom stereocenters. The zero-order chi connectivity index (χ0) is 18.1. The molecular formula is C21H21N3O2. The first kappa shape index (κ1) is 16.4. The van der Waals surface area contributed by atoms with E-state index in [1.54, 1.807) is 11.8 Å².